The van der Waals surface area contributed by atoms with E-state index in [1.165, 1.54) is 0 Å². The molecule has 0 aliphatic carbocycles. The van der Waals surface area contributed by atoms with Gasteiger partial charge in [-0.2, -0.15) is 0 Å². The monoisotopic (exact) mass is 497 g/mol. The molecule has 0 aliphatic rings. The average Bonchev–Trinajstić information content (AvgIpc) is 2.85. The molecular formula is C27H28ClNO6. The number of ether oxygens (including phenoxy) is 3. The Kier molecular flexibility index (Phi) is 9.38. The molecule has 2 N–H and O–H groups in total. The van der Waals surface area contributed by atoms with Crippen LogP contribution in [0.5, 0.6) is 11.5 Å². The van der Waals surface area contributed by atoms with Crippen LogP contribution in [0.15, 0.2) is 60.7 Å². The zero-order valence-corrected chi connectivity index (χ0v) is 20.4. The second kappa shape index (κ2) is 12.7. The minimum atomic E-state index is -0.887. The summed E-state index contributed by atoms with van der Waals surface area (Å²) in [4.78, 5) is 23.4. The summed E-state index contributed by atoms with van der Waals surface area (Å²) in [5.74, 6) is 0.398. The summed E-state index contributed by atoms with van der Waals surface area (Å²) in [7, 11) is 1.56. The predicted molar refractivity (Wildman–Crippen MR) is 134 cm³/mol. The summed E-state index contributed by atoms with van der Waals surface area (Å²) in [5.41, 5.74) is 3.88. The van der Waals surface area contributed by atoms with E-state index < -0.39 is 12.1 Å². The number of carbonyl (C=O) groups is 2. The first-order valence-electron chi connectivity index (χ1n) is 11.2. The number of nitrogens with one attached hydrogen (secondary N) is 1. The molecule has 35 heavy (non-hydrogen) atoms. The van der Waals surface area contributed by atoms with Crippen molar-refractivity contribution in [2.45, 2.75) is 32.9 Å². The van der Waals surface area contributed by atoms with E-state index in [9.17, 15) is 9.59 Å². The van der Waals surface area contributed by atoms with E-state index in [2.05, 4.69) is 5.32 Å². The summed E-state index contributed by atoms with van der Waals surface area (Å²) < 4.78 is 16.3. The largest absolute Gasteiger partial charge is 0.496 e. The van der Waals surface area contributed by atoms with Crippen molar-refractivity contribution in [3.8, 4) is 22.6 Å². The van der Waals surface area contributed by atoms with Gasteiger partial charge in [-0.05, 0) is 47.4 Å². The standard InChI is InChI=1S/C27H28ClNO6/c1-3-11-34-23-9-7-21(24(28)15-23)17-35-27(32)29-16-22-14-20(8-10-25(22)33-2)19-6-4-5-18(12-19)13-26(30)31/h4-10,12,14-15H,3,11,13,16-17H2,1-2H3,(H,29,32)(H,30,31). The number of carbonyl (C=O) groups excluding carboxylic acids is 1. The predicted octanol–water partition coefficient (Wildman–Crippen LogP) is 5.86. The molecule has 1 amide bonds. The zero-order valence-electron chi connectivity index (χ0n) is 19.7. The van der Waals surface area contributed by atoms with Crippen molar-refractivity contribution in [2.75, 3.05) is 13.7 Å². The van der Waals surface area contributed by atoms with Crippen LogP contribution in [0.2, 0.25) is 5.02 Å². The highest BCUT2D eigenvalue weighted by molar-refractivity contribution is 6.31. The Morgan fingerprint density at radius 3 is 2.51 bits per heavy atom. The van der Waals surface area contributed by atoms with Crippen LogP contribution in [0.1, 0.15) is 30.0 Å². The van der Waals surface area contributed by atoms with Gasteiger partial charge >= 0.3 is 12.1 Å². The van der Waals surface area contributed by atoms with E-state index in [0.717, 1.165) is 23.1 Å². The van der Waals surface area contributed by atoms with Gasteiger partial charge in [0.05, 0.1) is 25.2 Å². The number of rotatable bonds is 11. The van der Waals surface area contributed by atoms with Gasteiger partial charge in [-0.25, -0.2) is 4.79 Å². The number of carboxylic acid groups (broad SMARTS) is 1. The maximum atomic E-state index is 12.3. The molecule has 0 unspecified atom stereocenters. The molecular weight excluding hydrogens is 470 g/mol. The van der Waals surface area contributed by atoms with Crippen molar-refractivity contribution < 1.29 is 28.9 Å². The van der Waals surface area contributed by atoms with Gasteiger partial charge in [0, 0.05) is 17.7 Å². The number of methoxy groups -OCH3 is 1. The molecule has 3 aromatic carbocycles. The van der Waals surface area contributed by atoms with Gasteiger partial charge in [-0.15, -0.1) is 0 Å². The summed E-state index contributed by atoms with van der Waals surface area (Å²) in [6.45, 7) is 2.83. The van der Waals surface area contributed by atoms with Crippen molar-refractivity contribution in [2.24, 2.45) is 0 Å². The molecule has 3 rings (SSSR count). The Labute approximate surface area is 209 Å². The molecule has 184 valence electrons. The van der Waals surface area contributed by atoms with E-state index in [1.807, 2.05) is 43.3 Å². The van der Waals surface area contributed by atoms with Crippen molar-refractivity contribution in [3.05, 3.63) is 82.4 Å². The minimum absolute atomic E-state index is 0.0201. The topological polar surface area (TPSA) is 94.1 Å². The fraction of sp³-hybridized carbons (Fsp3) is 0.259. The highest BCUT2D eigenvalue weighted by Gasteiger charge is 2.11. The number of hydrogen-bond acceptors (Lipinski definition) is 5. The van der Waals surface area contributed by atoms with Crippen molar-refractivity contribution in [1.29, 1.82) is 0 Å². The second-order valence-electron chi connectivity index (χ2n) is 7.83. The molecule has 0 aliphatic heterocycles. The van der Waals surface area contributed by atoms with E-state index >= 15 is 0 Å². The summed E-state index contributed by atoms with van der Waals surface area (Å²) in [6.07, 6.45) is 0.249. The smallest absolute Gasteiger partial charge is 0.407 e. The summed E-state index contributed by atoms with van der Waals surface area (Å²) in [5, 5.41) is 12.3. The number of hydrogen-bond donors (Lipinski definition) is 2. The number of aliphatic carboxylic acids is 1. The van der Waals surface area contributed by atoms with Gasteiger partial charge in [-0.3, -0.25) is 4.79 Å². The lowest BCUT2D eigenvalue weighted by Gasteiger charge is -2.13. The lowest BCUT2D eigenvalue weighted by Crippen LogP contribution is -2.24. The highest BCUT2D eigenvalue weighted by atomic mass is 35.5. The molecule has 0 saturated carbocycles. The lowest BCUT2D eigenvalue weighted by molar-refractivity contribution is -0.136. The molecule has 0 fully saturated rings. The first kappa shape index (κ1) is 25.9. The molecule has 7 nitrogen and oxygen atoms in total. The van der Waals surface area contributed by atoms with Gasteiger partial charge in [0.25, 0.3) is 0 Å². The van der Waals surface area contributed by atoms with Crippen LogP contribution in [-0.4, -0.2) is 30.9 Å². The Morgan fingerprint density at radius 1 is 1.00 bits per heavy atom. The lowest BCUT2D eigenvalue weighted by atomic mass is 9.99. The van der Waals surface area contributed by atoms with E-state index in [0.29, 0.717) is 34.3 Å². The van der Waals surface area contributed by atoms with Crippen molar-refractivity contribution in [1.82, 2.24) is 5.32 Å². The Bertz CT molecular complexity index is 1180. The molecule has 8 heteroatoms. The van der Waals surface area contributed by atoms with Crippen LogP contribution >= 0.6 is 11.6 Å². The fourth-order valence-electron chi connectivity index (χ4n) is 3.45. The number of carboxylic acids is 1. The average molecular weight is 498 g/mol. The summed E-state index contributed by atoms with van der Waals surface area (Å²) >= 11 is 6.28. The second-order valence-corrected chi connectivity index (χ2v) is 8.24. The maximum Gasteiger partial charge on any atom is 0.407 e. The van der Waals surface area contributed by atoms with E-state index in [-0.39, 0.29) is 19.6 Å². The van der Waals surface area contributed by atoms with Crippen molar-refractivity contribution in [3.63, 3.8) is 0 Å². The van der Waals surface area contributed by atoms with E-state index in [4.69, 9.17) is 30.9 Å². The Morgan fingerprint density at radius 2 is 1.80 bits per heavy atom. The molecule has 0 spiro atoms. The van der Waals surface area contributed by atoms with Crippen LogP contribution in [0.3, 0.4) is 0 Å². The molecule has 0 heterocycles. The quantitative estimate of drug-likeness (QED) is 0.344. The molecule has 0 atom stereocenters. The Balaban J connectivity index is 1.63. The number of halogens is 1. The summed E-state index contributed by atoms with van der Waals surface area (Å²) in [6, 6.07) is 18.2. The SMILES string of the molecule is CCCOc1ccc(COC(=O)NCc2cc(-c3cccc(CC(=O)O)c3)ccc2OC)c(Cl)c1. The van der Waals surface area contributed by atoms with Crippen LogP contribution in [0.4, 0.5) is 4.79 Å². The van der Waals surface area contributed by atoms with Crippen LogP contribution in [-0.2, 0) is 29.1 Å². The number of benzene rings is 3. The Hall–Kier alpha value is -3.71. The first-order chi connectivity index (χ1) is 16.9. The van der Waals surface area contributed by atoms with Crippen LogP contribution in [0.25, 0.3) is 11.1 Å². The third-order valence-corrected chi connectivity index (χ3v) is 5.53. The minimum Gasteiger partial charge on any atom is -0.496 e. The number of amides is 1. The van der Waals surface area contributed by atoms with Gasteiger partial charge in [0.2, 0.25) is 0 Å². The van der Waals surface area contributed by atoms with Gasteiger partial charge in [0.1, 0.15) is 18.1 Å². The van der Waals surface area contributed by atoms with Crippen LogP contribution in [0, 0.1) is 0 Å². The van der Waals surface area contributed by atoms with Crippen LogP contribution < -0.4 is 14.8 Å². The normalized spacial score (nSPS) is 10.5. The third kappa shape index (κ3) is 7.65. The molecule has 0 bridgehead atoms. The van der Waals surface area contributed by atoms with Gasteiger partial charge in [-0.1, -0.05) is 54.9 Å². The van der Waals surface area contributed by atoms with E-state index in [1.54, 1.807) is 31.4 Å². The third-order valence-electron chi connectivity index (χ3n) is 5.18. The fourth-order valence-corrected chi connectivity index (χ4v) is 3.67. The molecule has 3 aromatic rings. The van der Waals surface area contributed by atoms with Gasteiger partial charge < -0.3 is 24.6 Å². The maximum absolute atomic E-state index is 12.3. The number of alkyl carbamates (subject to hydrolysis) is 1. The molecule has 0 radical (unpaired) electrons. The first-order valence-corrected chi connectivity index (χ1v) is 11.6. The zero-order chi connectivity index (χ0) is 25.2. The van der Waals surface area contributed by atoms with Gasteiger partial charge in [0.15, 0.2) is 0 Å². The molecule has 0 saturated heterocycles. The highest BCUT2D eigenvalue weighted by Crippen LogP contribution is 2.28. The van der Waals surface area contributed by atoms with Crippen molar-refractivity contribution >= 4 is 23.7 Å². The molecule has 0 aromatic heterocycles.